The van der Waals surface area contributed by atoms with E-state index in [2.05, 4.69) is 27.7 Å². The van der Waals surface area contributed by atoms with Crippen LogP contribution < -0.4 is 0 Å². The molecule has 0 nitrogen and oxygen atoms in total. The molecule has 128 valence electrons. The van der Waals surface area contributed by atoms with E-state index in [9.17, 15) is 0 Å². The van der Waals surface area contributed by atoms with Gasteiger partial charge in [0.2, 0.25) is 0 Å². The van der Waals surface area contributed by atoms with Crippen LogP contribution in [-0.2, 0) is 0 Å². The van der Waals surface area contributed by atoms with Gasteiger partial charge in [-0.15, -0.1) is 0 Å². The molecule has 0 spiro atoms. The first-order chi connectivity index (χ1) is 10.2. The van der Waals surface area contributed by atoms with E-state index in [0.717, 1.165) is 0 Å². The van der Waals surface area contributed by atoms with E-state index in [1.807, 2.05) is 0 Å². The molecule has 1 heteroatoms. The monoisotopic (exact) mass is 315 g/mol. The van der Waals surface area contributed by atoms with Crippen LogP contribution in [0.4, 0.5) is 0 Å². The van der Waals surface area contributed by atoms with Crippen molar-refractivity contribution in [1.82, 2.24) is 0 Å². The first-order valence-corrected chi connectivity index (χ1v) is 12.6. The quantitative estimate of drug-likeness (QED) is 0.201. The van der Waals surface area contributed by atoms with Gasteiger partial charge in [0.25, 0.3) is 0 Å². The Morgan fingerprint density at radius 1 is 0.429 bits per heavy atom. The van der Waals surface area contributed by atoms with E-state index in [-0.39, 0.29) is 0 Å². The lowest BCUT2D eigenvalue weighted by molar-refractivity contribution is 0.624. The van der Waals surface area contributed by atoms with E-state index in [0.29, 0.717) is 0 Å². The van der Waals surface area contributed by atoms with Crippen LogP contribution in [-0.4, -0.2) is 24.6 Å². The lowest BCUT2D eigenvalue weighted by Crippen LogP contribution is -2.11. The van der Waals surface area contributed by atoms with Gasteiger partial charge in [-0.25, -0.2) is 0 Å². The molecule has 0 N–H and O–H groups in total. The SMILES string of the molecule is CCCCCCCC[P+](CC)(CCCCC)CCCCC. The predicted molar refractivity (Wildman–Crippen MR) is 104 cm³/mol. The average Bonchev–Trinajstić information content (AvgIpc) is 2.50. The third-order valence-electron chi connectivity index (χ3n) is 5.13. The molecule has 0 atom stereocenters. The topological polar surface area (TPSA) is 0 Å². The summed E-state index contributed by atoms with van der Waals surface area (Å²) in [6.45, 7) is 9.51. The summed E-state index contributed by atoms with van der Waals surface area (Å²) in [7, 11) is -0.592. The molecular weight excluding hydrogens is 271 g/mol. The highest BCUT2D eigenvalue weighted by atomic mass is 31.2. The third-order valence-corrected chi connectivity index (χ3v) is 10.3. The van der Waals surface area contributed by atoms with Crippen LogP contribution in [0.5, 0.6) is 0 Å². The Balaban J connectivity index is 4.12. The zero-order chi connectivity index (χ0) is 15.8. The maximum absolute atomic E-state index is 2.50. The van der Waals surface area contributed by atoms with E-state index in [1.165, 1.54) is 83.2 Å². The zero-order valence-electron chi connectivity index (χ0n) is 15.8. The Morgan fingerprint density at radius 2 is 0.762 bits per heavy atom. The summed E-state index contributed by atoms with van der Waals surface area (Å²) < 4.78 is 0. The van der Waals surface area contributed by atoms with Gasteiger partial charge >= 0.3 is 0 Å². The fourth-order valence-electron chi connectivity index (χ4n) is 3.43. The molecule has 0 saturated carbocycles. The van der Waals surface area contributed by atoms with Gasteiger partial charge in [0.15, 0.2) is 0 Å². The van der Waals surface area contributed by atoms with Crippen molar-refractivity contribution in [2.75, 3.05) is 24.6 Å². The summed E-state index contributed by atoms with van der Waals surface area (Å²) in [5, 5.41) is 0. The molecule has 0 aromatic carbocycles. The van der Waals surface area contributed by atoms with Gasteiger partial charge in [-0.1, -0.05) is 72.1 Å². The summed E-state index contributed by atoms with van der Waals surface area (Å²) in [5.74, 6) is 0. The summed E-state index contributed by atoms with van der Waals surface area (Å²) >= 11 is 0. The first kappa shape index (κ1) is 21.4. The maximum Gasteiger partial charge on any atom is 0.0594 e. The van der Waals surface area contributed by atoms with Gasteiger partial charge in [-0.2, -0.15) is 0 Å². The Kier molecular flexibility index (Phi) is 15.6. The minimum atomic E-state index is -0.592. The van der Waals surface area contributed by atoms with Gasteiger partial charge in [-0.3, -0.25) is 0 Å². The Hall–Kier alpha value is 0.430. The molecule has 0 aliphatic carbocycles. The number of hydrogen-bond donors (Lipinski definition) is 0. The predicted octanol–water partition coefficient (Wildman–Crippen LogP) is 7.76. The van der Waals surface area contributed by atoms with Crippen LogP contribution in [0.3, 0.4) is 0 Å². The van der Waals surface area contributed by atoms with Crippen LogP contribution in [0.15, 0.2) is 0 Å². The second-order valence-electron chi connectivity index (χ2n) is 7.01. The fourth-order valence-corrected chi connectivity index (χ4v) is 7.73. The van der Waals surface area contributed by atoms with Crippen molar-refractivity contribution in [3.05, 3.63) is 0 Å². The van der Waals surface area contributed by atoms with Gasteiger partial charge in [0.05, 0.1) is 24.6 Å². The fraction of sp³-hybridized carbons (Fsp3) is 1.00. The normalized spacial score (nSPS) is 12.0. The summed E-state index contributed by atoms with van der Waals surface area (Å²) in [6, 6.07) is 0. The Bertz CT molecular complexity index is 190. The van der Waals surface area contributed by atoms with Crippen molar-refractivity contribution < 1.29 is 0 Å². The van der Waals surface area contributed by atoms with Crippen molar-refractivity contribution in [1.29, 1.82) is 0 Å². The summed E-state index contributed by atoms with van der Waals surface area (Å²) in [4.78, 5) is 0. The lowest BCUT2D eigenvalue weighted by Gasteiger charge is -2.27. The standard InChI is InChI=1S/C20H44P/c1-5-9-12-13-14-17-20-21(8-4,18-15-10-6-2)19-16-11-7-3/h5-20H2,1-4H3/q+1. The summed E-state index contributed by atoms with van der Waals surface area (Å²) in [6.07, 6.45) is 23.9. The molecule has 0 saturated heterocycles. The van der Waals surface area contributed by atoms with Crippen LogP contribution in [0.2, 0.25) is 0 Å². The van der Waals surface area contributed by atoms with Gasteiger partial charge in [0, 0.05) is 7.26 Å². The van der Waals surface area contributed by atoms with Crippen molar-refractivity contribution in [2.24, 2.45) is 0 Å². The second kappa shape index (κ2) is 15.3. The molecule has 0 fully saturated rings. The van der Waals surface area contributed by atoms with E-state index < -0.39 is 7.26 Å². The minimum absolute atomic E-state index is 0.592. The molecular formula is C20H44P+. The average molecular weight is 316 g/mol. The second-order valence-corrected chi connectivity index (χ2v) is 11.7. The molecule has 0 amide bonds. The highest BCUT2D eigenvalue weighted by Gasteiger charge is 2.33. The number of rotatable bonds is 16. The van der Waals surface area contributed by atoms with Crippen molar-refractivity contribution in [3.8, 4) is 0 Å². The first-order valence-electron chi connectivity index (χ1n) is 10.1. The number of hydrogen-bond acceptors (Lipinski definition) is 0. The van der Waals surface area contributed by atoms with E-state index >= 15 is 0 Å². The molecule has 0 bridgehead atoms. The lowest BCUT2D eigenvalue weighted by atomic mass is 10.1. The van der Waals surface area contributed by atoms with E-state index in [4.69, 9.17) is 0 Å². The molecule has 0 aliphatic heterocycles. The number of unbranched alkanes of at least 4 members (excludes halogenated alkanes) is 9. The molecule has 21 heavy (non-hydrogen) atoms. The van der Waals surface area contributed by atoms with Crippen LogP contribution in [0.1, 0.15) is 105 Å². The molecule has 0 aromatic rings. The minimum Gasteiger partial charge on any atom is -0.0654 e. The molecule has 0 aromatic heterocycles. The van der Waals surface area contributed by atoms with Crippen molar-refractivity contribution in [2.45, 2.75) is 105 Å². The van der Waals surface area contributed by atoms with Gasteiger partial charge in [0.1, 0.15) is 0 Å². The third kappa shape index (κ3) is 11.6. The highest BCUT2D eigenvalue weighted by molar-refractivity contribution is 7.75. The highest BCUT2D eigenvalue weighted by Crippen LogP contribution is 2.60. The van der Waals surface area contributed by atoms with Crippen molar-refractivity contribution >= 4 is 7.26 Å². The Labute approximate surface area is 137 Å². The molecule has 0 heterocycles. The van der Waals surface area contributed by atoms with Crippen LogP contribution >= 0.6 is 7.26 Å². The van der Waals surface area contributed by atoms with Crippen molar-refractivity contribution in [3.63, 3.8) is 0 Å². The zero-order valence-corrected chi connectivity index (χ0v) is 16.7. The molecule has 0 radical (unpaired) electrons. The van der Waals surface area contributed by atoms with E-state index in [1.54, 1.807) is 18.5 Å². The van der Waals surface area contributed by atoms with Gasteiger partial charge in [-0.05, 0) is 32.6 Å². The smallest absolute Gasteiger partial charge is 0.0594 e. The largest absolute Gasteiger partial charge is 0.0654 e. The molecule has 0 aliphatic rings. The molecule has 0 unspecified atom stereocenters. The van der Waals surface area contributed by atoms with Crippen LogP contribution in [0.25, 0.3) is 0 Å². The maximum atomic E-state index is 2.50. The van der Waals surface area contributed by atoms with Gasteiger partial charge < -0.3 is 0 Å². The van der Waals surface area contributed by atoms with Crippen LogP contribution in [0, 0.1) is 0 Å². The summed E-state index contributed by atoms with van der Waals surface area (Å²) in [5.41, 5.74) is 0. The Morgan fingerprint density at radius 3 is 1.19 bits per heavy atom. The molecule has 0 rings (SSSR count).